The Balaban J connectivity index is 2.27. The van der Waals surface area contributed by atoms with Crippen molar-refractivity contribution in [1.29, 1.82) is 0 Å². The van der Waals surface area contributed by atoms with E-state index in [4.69, 9.17) is 11.6 Å². The van der Waals surface area contributed by atoms with Gasteiger partial charge in [-0.05, 0) is 31.5 Å². The summed E-state index contributed by atoms with van der Waals surface area (Å²) in [6.45, 7) is 1.19. The van der Waals surface area contributed by atoms with E-state index in [0.29, 0.717) is 24.5 Å². The highest BCUT2D eigenvalue weighted by atomic mass is 35.5. The molecule has 1 aromatic carbocycles. The van der Waals surface area contributed by atoms with E-state index in [1.807, 2.05) is 12.1 Å². The second kappa shape index (κ2) is 6.22. The van der Waals surface area contributed by atoms with Gasteiger partial charge >= 0.3 is 6.18 Å². The minimum absolute atomic E-state index is 0.00997. The number of benzene rings is 1. The van der Waals surface area contributed by atoms with Gasteiger partial charge in [-0.1, -0.05) is 23.7 Å². The van der Waals surface area contributed by atoms with Crippen LogP contribution in [0.15, 0.2) is 18.2 Å². The van der Waals surface area contributed by atoms with E-state index >= 15 is 0 Å². The van der Waals surface area contributed by atoms with Crippen molar-refractivity contribution in [3.8, 4) is 0 Å². The minimum atomic E-state index is -4.14. The van der Waals surface area contributed by atoms with Crippen LogP contribution in [0.2, 0.25) is 5.02 Å². The largest absolute Gasteiger partial charge is 0.393 e. The fraction of sp³-hybridized carbons (Fsp3) is 0.571. The molecule has 1 unspecified atom stereocenters. The van der Waals surface area contributed by atoms with Crippen LogP contribution in [0.5, 0.6) is 0 Å². The quantitative estimate of drug-likeness (QED) is 0.913. The molecular weight excluding hydrogens is 289 g/mol. The van der Waals surface area contributed by atoms with Gasteiger partial charge in [-0.3, -0.25) is 0 Å². The van der Waals surface area contributed by atoms with Crippen LogP contribution in [0.4, 0.5) is 18.9 Å². The summed E-state index contributed by atoms with van der Waals surface area (Å²) < 4.78 is 38.7. The zero-order chi connectivity index (χ0) is 14.8. The average Bonchev–Trinajstić information content (AvgIpc) is 2.38. The van der Waals surface area contributed by atoms with Gasteiger partial charge in [0.1, 0.15) is 0 Å². The molecule has 0 aliphatic carbocycles. The molecule has 1 fully saturated rings. The molecule has 1 atom stereocenters. The second-order valence-electron chi connectivity index (χ2n) is 5.10. The first-order chi connectivity index (χ1) is 9.43. The predicted octanol–water partition coefficient (Wildman–Crippen LogP) is 3.84. The lowest BCUT2D eigenvalue weighted by Gasteiger charge is -2.36. The van der Waals surface area contributed by atoms with Crippen molar-refractivity contribution in [2.45, 2.75) is 25.6 Å². The van der Waals surface area contributed by atoms with Crippen LogP contribution in [-0.2, 0) is 6.54 Å². The number of anilines is 1. The summed E-state index contributed by atoms with van der Waals surface area (Å²) in [5.74, 6) is -1.27. The van der Waals surface area contributed by atoms with Crippen LogP contribution >= 0.6 is 11.6 Å². The number of hydrogen-bond acceptors (Lipinski definition) is 2. The number of hydrogen-bond donors (Lipinski definition) is 1. The lowest BCUT2D eigenvalue weighted by atomic mass is 9.96. The summed E-state index contributed by atoms with van der Waals surface area (Å²) in [5, 5.41) is 3.54. The third kappa shape index (κ3) is 3.38. The van der Waals surface area contributed by atoms with Crippen molar-refractivity contribution in [1.82, 2.24) is 5.32 Å². The standard InChI is InChI=1S/C14H18ClF3N2/c1-19-8-10-4-2-6-12(15)13(10)20-7-3-5-11(9-20)14(16,17)18/h2,4,6,11,19H,3,5,7-9H2,1H3. The maximum Gasteiger partial charge on any atom is 0.393 e. The molecule has 0 aromatic heterocycles. The summed E-state index contributed by atoms with van der Waals surface area (Å²) in [6.07, 6.45) is -3.40. The Morgan fingerprint density at radius 3 is 2.80 bits per heavy atom. The number of nitrogens with zero attached hydrogens (tertiary/aromatic N) is 1. The van der Waals surface area contributed by atoms with E-state index < -0.39 is 12.1 Å². The molecule has 1 heterocycles. The topological polar surface area (TPSA) is 15.3 Å². The Labute approximate surface area is 121 Å². The molecule has 2 nitrogen and oxygen atoms in total. The van der Waals surface area contributed by atoms with Crippen molar-refractivity contribution in [3.63, 3.8) is 0 Å². The predicted molar refractivity (Wildman–Crippen MR) is 75.2 cm³/mol. The highest BCUT2D eigenvalue weighted by Crippen LogP contribution is 2.38. The third-order valence-electron chi connectivity index (χ3n) is 3.64. The van der Waals surface area contributed by atoms with Crippen LogP contribution in [-0.4, -0.2) is 26.3 Å². The fourth-order valence-electron chi connectivity index (χ4n) is 2.69. The highest BCUT2D eigenvalue weighted by molar-refractivity contribution is 6.33. The number of para-hydroxylation sites is 1. The van der Waals surface area contributed by atoms with Gasteiger partial charge in [0.25, 0.3) is 0 Å². The SMILES string of the molecule is CNCc1cccc(Cl)c1N1CCCC(C(F)(F)F)C1. The number of halogens is 4. The fourth-order valence-corrected chi connectivity index (χ4v) is 3.01. The monoisotopic (exact) mass is 306 g/mol. The molecule has 20 heavy (non-hydrogen) atoms. The summed E-state index contributed by atoms with van der Waals surface area (Å²) in [6, 6.07) is 5.45. The molecule has 1 aromatic rings. The van der Waals surface area contributed by atoms with Gasteiger partial charge in [-0.15, -0.1) is 0 Å². The molecule has 0 spiro atoms. The number of piperidine rings is 1. The first-order valence-corrected chi connectivity index (χ1v) is 7.05. The summed E-state index contributed by atoms with van der Waals surface area (Å²) in [7, 11) is 1.80. The van der Waals surface area contributed by atoms with Gasteiger partial charge < -0.3 is 10.2 Å². The van der Waals surface area contributed by atoms with Gasteiger partial charge in [0.15, 0.2) is 0 Å². The maximum absolute atomic E-state index is 12.9. The molecule has 0 saturated carbocycles. The van der Waals surface area contributed by atoms with E-state index in [1.165, 1.54) is 0 Å². The first-order valence-electron chi connectivity index (χ1n) is 6.67. The lowest BCUT2D eigenvalue weighted by Crippen LogP contribution is -2.42. The number of rotatable bonds is 3. The van der Waals surface area contributed by atoms with Gasteiger partial charge in [-0.2, -0.15) is 13.2 Å². The van der Waals surface area contributed by atoms with Gasteiger partial charge in [0.2, 0.25) is 0 Å². The molecule has 6 heteroatoms. The van der Waals surface area contributed by atoms with Crippen LogP contribution in [0, 0.1) is 5.92 Å². The lowest BCUT2D eigenvalue weighted by molar-refractivity contribution is -0.176. The summed E-state index contributed by atoms with van der Waals surface area (Å²) >= 11 is 6.21. The normalized spacial score (nSPS) is 20.2. The van der Waals surface area contributed by atoms with E-state index in [9.17, 15) is 13.2 Å². The second-order valence-corrected chi connectivity index (χ2v) is 5.51. The van der Waals surface area contributed by atoms with E-state index in [-0.39, 0.29) is 13.0 Å². The van der Waals surface area contributed by atoms with Crippen LogP contribution in [0.3, 0.4) is 0 Å². The Hall–Kier alpha value is -0.940. The molecular formula is C14H18ClF3N2. The first kappa shape index (κ1) is 15.4. The minimum Gasteiger partial charge on any atom is -0.369 e. The zero-order valence-corrected chi connectivity index (χ0v) is 12.1. The molecule has 0 amide bonds. The zero-order valence-electron chi connectivity index (χ0n) is 11.3. The van der Waals surface area contributed by atoms with Crippen molar-refractivity contribution >= 4 is 17.3 Å². The van der Waals surface area contributed by atoms with Gasteiger partial charge in [-0.25, -0.2) is 0 Å². The maximum atomic E-state index is 12.9. The van der Waals surface area contributed by atoms with Gasteiger partial charge in [0.05, 0.1) is 16.6 Å². The highest BCUT2D eigenvalue weighted by Gasteiger charge is 2.42. The Kier molecular flexibility index (Phi) is 4.81. The molecule has 1 saturated heterocycles. The Bertz CT molecular complexity index is 462. The Morgan fingerprint density at radius 1 is 1.40 bits per heavy atom. The molecule has 2 rings (SSSR count). The number of alkyl halides is 3. The average molecular weight is 307 g/mol. The van der Waals surface area contributed by atoms with Crippen molar-refractivity contribution in [3.05, 3.63) is 28.8 Å². The molecule has 0 bridgehead atoms. The van der Waals surface area contributed by atoms with Crippen LogP contribution < -0.4 is 10.2 Å². The molecule has 0 radical (unpaired) electrons. The molecule has 1 aliphatic heterocycles. The van der Waals surface area contributed by atoms with Crippen LogP contribution in [0.1, 0.15) is 18.4 Å². The van der Waals surface area contributed by atoms with Crippen molar-refractivity contribution in [2.24, 2.45) is 5.92 Å². The molecule has 1 N–H and O–H groups in total. The van der Waals surface area contributed by atoms with Crippen molar-refractivity contribution < 1.29 is 13.2 Å². The Morgan fingerprint density at radius 2 is 2.15 bits per heavy atom. The summed E-state index contributed by atoms with van der Waals surface area (Å²) in [5.41, 5.74) is 1.67. The van der Waals surface area contributed by atoms with E-state index in [2.05, 4.69) is 5.32 Å². The van der Waals surface area contributed by atoms with Gasteiger partial charge in [0, 0.05) is 19.6 Å². The van der Waals surface area contributed by atoms with E-state index in [0.717, 1.165) is 11.3 Å². The van der Waals surface area contributed by atoms with Crippen LogP contribution in [0.25, 0.3) is 0 Å². The molecule has 112 valence electrons. The van der Waals surface area contributed by atoms with E-state index in [1.54, 1.807) is 18.0 Å². The third-order valence-corrected chi connectivity index (χ3v) is 3.94. The summed E-state index contributed by atoms with van der Waals surface area (Å²) in [4.78, 5) is 1.77. The van der Waals surface area contributed by atoms with Crippen molar-refractivity contribution in [2.75, 3.05) is 25.0 Å². The molecule has 1 aliphatic rings. The smallest absolute Gasteiger partial charge is 0.369 e. The number of nitrogens with one attached hydrogen (secondary N) is 1.